The molecule has 1 aliphatic rings. The van der Waals surface area contributed by atoms with E-state index in [1.807, 2.05) is 12.1 Å². The number of likely N-dealkylation sites (tertiary alicyclic amines) is 1. The minimum absolute atomic E-state index is 0.146. The molecule has 5 rings (SSSR count). The zero-order valence-corrected chi connectivity index (χ0v) is 20.7. The zero-order chi connectivity index (χ0) is 24.2. The van der Waals surface area contributed by atoms with Crippen LogP contribution < -0.4 is 9.47 Å². The summed E-state index contributed by atoms with van der Waals surface area (Å²) in [6, 6.07) is 22.5. The van der Waals surface area contributed by atoms with E-state index < -0.39 is 0 Å². The van der Waals surface area contributed by atoms with Crippen molar-refractivity contribution >= 4 is 10.9 Å². The predicted octanol–water partition coefficient (Wildman–Crippen LogP) is 6.24. The summed E-state index contributed by atoms with van der Waals surface area (Å²) in [5.41, 5.74) is 5.76. The summed E-state index contributed by atoms with van der Waals surface area (Å²) in [4.78, 5) is 2.50. The highest BCUT2D eigenvalue weighted by Crippen LogP contribution is 2.37. The second-order valence-corrected chi connectivity index (χ2v) is 9.36. The fourth-order valence-electron chi connectivity index (χ4n) is 5.19. The summed E-state index contributed by atoms with van der Waals surface area (Å²) in [7, 11) is 1.58. The van der Waals surface area contributed by atoms with Crippen LogP contribution in [0.25, 0.3) is 22.2 Å². The van der Waals surface area contributed by atoms with Crippen molar-refractivity contribution in [3.05, 3.63) is 77.9 Å². The Kier molecular flexibility index (Phi) is 6.96. The molecule has 2 heterocycles. The second-order valence-electron chi connectivity index (χ2n) is 9.36. The van der Waals surface area contributed by atoms with Crippen molar-refractivity contribution in [1.82, 2.24) is 9.47 Å². The molecule has 0 saturated carbocycles. The summed E-state index contributed by atoms with van der Waals surface area (Å²) >= 11 is 0. The first-order chi connectivity index (χ1) is 17.1. The molecule has 0 radical (unpaired) electrons. The van der Waals surface area contributed by atoms with Crippen molar-refractivity contribution < 1.29 is 14.6 Å². The van der Waals surface area contributed by atoms with Crippen LogP contribution in [0.3, 0.4) is 0 Å². The van der Waals surface area contributed by atoms with Crippen molar-refractivity contribution in [2.45, 2.75) is 32.7 Å². The molecule has 35 heavy (non-hydrogen) atoms. The quantitative estimate of drug-likeness (QED) is 0.331. The number of nitrogens with zero attached hydrogens (tertiary/aromatic N) is 2. The molecule has 1 aliphatic heterocycles. The minimum atomic E-state index is 0.146. The molecule has 4 aromatic rings. The fourth-order valence-corrected chi connectivity index (χ4v) is 5.19. The molecule has 1 N–H and O–H groups in total. The normalized spacial score (nSPS) is 14.3. The number of ether oxygens (including phenoxy) is 2. The number of aromatic nitrogens is 1. The van der Waals surface area contributed by atoms with E-state index in [1.165, 1.54) is 54.4 Å². The first kappa shape index (κ1) is 23.3. The van der Waals surface area contributed by atoms with E-state index in [0.717, 1.165) is 36.7 Å². The van der Waals surface area contributed by atoms with Crippen LogP contribution in [0.5, 0.6) is 17.2 Å². The molecule has 1 fully saturated rings. The number of piperidine rings is 1. The molecule has 1 aromatic heterocycles. The number of benzene rings is 3. The van der Waals surface area contributed by atoms with Crippen molar-refractivity contribution in [2.75, 3.05) is 33.4 Å². The summed E-state index contributed by atoms with van der Waals surface area (Å²) in [5, 5.41) is 11.3. The number of para-hydroxylation sites is 1. The molecule has 0 aliphatic carbocycles. The Hall–Kier alpha value is -3.44. The molecular weight excluding hydrogens is 436 g/mol. The highest BCUT2D eigenvalue weighted by atomic mass is 16.5. The monoisotopic (exact) mass is 470 g/mol. The van der Waals surface area contributed by atoms with E-state index >= 15 is 0 Å². The number of phenolic OH excluding ortho intramolecular Hbond substituents is 1. The van der Waals surface area contributed by atoms with Crippen molar-refractivity contribution in [1.29, 1.82) is 0 Å². The van der Waals surface area contributed by atoms with Crippen LogP contribution in [0.2, 0.25) is 0 Å². The smallest absolute Gasteiger partial charge is 0.161 e. The minimum Gasteiger partial charge on any atom is -0.504 e. The lowest BCUT2D eigenvalue weighted by atomic mass is 10.1. The Labute approximate surface area is 207 Å². The van der Waals surface area contributed by atoms with E-state index in [2.05, 4.69) is 64.9 Å². The van der Waals surface area contributed by atoms with Crippen LogP contribution in [0, 0.1) is 6.92 Å². The van der Waals surface area contributed by atoms with E-state index in [1.54, 1.807) is 13.2 Å². The number of rotatable bonds is 8. The Bertz CT molecular complexity index is 1290. The number of hydrogen-bond donors (Lipinski definition) is 1. The predicted molar refractivity (Wildman–Crippen MR) is 142 cm³/mol. The SMILES string of the molecule is COc1cc(-c2c(C)c3ccccc3n2Cc2ccc(OCCN3CCCCC3)cc2)ccc1O. The Morgan fingerprint density at radius 3 is 2.46 bits per heavy atom. The first-order valence-electron chi connectivity index (χ1n) is 12.5. The molecular formula is C30H34N2O3. The van der Waals surface area contributed by atoms with Crippen LogP contribution in [0.1, 0.15) is 30.4 Å². The first-order valence-corrected chi connectivity index (χ1v) is 12.5. The zero-order valence-electron chi connectivity index (χ0n) is 20.7. The molecule has 0 atom stereocenters. The molecule has 182 valence electrons. The standard InChI is InChI=1S/C30H34N2O3/c1-22-26-8-4-5-9-27(26)32(30(22)24-12-15-28(33)29(20-24)34-2)21-23-10-13-25(14-11-23)35-19-18-31-16-6-3-7-17-31/h4-5,8-15,20,33H,3,6-7,16-19,21H2,1-2H3. The van der Waals surface area contributed by atoms with Gasteiger partial charge in [-0.05, 0) is 80.4 Å². The summed E-state index contributed by atoms with van der Waals surface area (Å²) in [6.07, 6.45) is 3.97. The summed E-state index contributed by atoms with van der Waals surface area (Å²) < 4.78 is 13.8. The van der Waals surface area contributed by atoms with Crippen LogP contribution in [-0.4, -0.2) is 47.9 Å². The van der Waals surface area contributed by atoms with Gasteiger partial charge in [-0.3, -0.25) is 4.90 Å². The number of hydrogen-bond acceptors (Lipinski definition) is 4. The van der Waals surface area contributed by atoms with E-state index in [0.29, 0.717) is 5.75 Å². The van der Waals surface area contributed by atoms with Gasteiger partial charge in [-0.15, -0.1) is 0 Å². The van der Waals surface area contributed by atoms with Crippen molar-refractivity contribution in [2.24, 2.45) is 0 Å². The van der Waals surface area contributed by atoms with Gasteiger partial charge < -0.3 is 19.1 Å². The number of aromatic hydroxyl groups is 1. The molecule has 0 amide bonds. The van der Waals surface area contributed by atoms with Crippen LogP contribution >= 0.6 is 0 Å². The number of methoxy groups -OCH3 is 1. The highest BCUT2D eigenvalue weighted by Gasteiger charge is 2.17. The number of fused-ring (bicyclic) bond motifs is 1. The van der Waals surface area contributed by atoms with Gasteiger partial charge in [0.1, 0.15) is 12.4 Å². The maximum absolute atomic E-state index is 10.1. The lowest BCUT2D eigenvalue weighted by molar-refractivity contribution is 0.183. The average Bonchev–Trinajstić information content (AvgIpc) is 3.17. The third kappa shape index (κ3) is 5.01. The van der Waals surface area contributed by atoms with Gasteiger partial charge in [-0.1, -0.05) is 36.8 Å². The lowest BCUT2D eigenvalue weighted by Crippen LogP contribution is -2.33. The number of aryl methyl sites for hydroxylation is 1. The largest absolute Gasteiger partial charge is 0.504 e. The Balaban J connectivity index is 1.38. The maximum Gasteiger partial charge on any atom is 0.161 e. The van der Waals surface area contributed by atoms with Gasteiger partial charge in [0.2, 0.25) is 0 Å². The highest BCUT2D eigenvalue weighted by molar-refractivity contribution is 5.92. The number of phenols is 1. The maximum atomic E-state index is 10.1. The average molecular weight is 471 g/mol. The third-order valence-electron chi connectivity index (χ3n) is 7.07. The lowest BCUT2D eigenvalue weighted by Gasteiger charge is -2.26. The molecule has 3 aromatic carbocycles. The van der Waals surface area contributed by atoms with Gasteiger partial charge in [-0.25, -0.2) is 0 Å². The van der Waals surface area contributed by atoms with E-state index in [-0.39, 0.29) is 5.75 Å². The van der Waals surface area contributed by atoms with Crippen LogP contribution in [0.15, 0.2) is 66.7 Å². The van der Waals surface area contributed by atoms with E-state index in [4.69, 9.17) is 9.47 Å². The van der Waals surface area contributed by atoms with Crippen molar-refractivity contribution in [3.63, 3.8) is 0 Å². The molecule has 5 nitrogen and oxygen atoms in total. The van der Waals surface area contributed by atoms with Gasteiger partial charge in [0, 0.05) is 29.6 Å². The van der Waals surface area contributed by atoms with Gasteiger partial charge >= 0.3 is 0 Å². The summed E-state index contributed by atoms with van der Waals surface area (Å²) in [5.74, 6) is 1.54. The second kappa shape index (κ2) is 10.4. The Morgan fingerprint density at radius 2 is 1.69 bits per heavy atom. The van der Waals surface area contributed by atoms with Gasteiger partial charge in [0.25, 0.3) is 0 Å². The van der Waals surface area contributed by atoms with Crippen LogP contribution in [0.4, 0.5) is 0 Å². The van der Waals surface area contributed by atoms with Gasteiger partial charge in [0.05, 0.1) is 12.8 Å². The summed E-state index contributed by atoms with van der Waals surface area (Å²) in [6.45, 7) is 7.01. The molecule has 0 unspecified atom stereocenters. The van der Waals surface area contributed by atoms with E-state index in [9.17, 15) is 5.11 Å². The Morgan fingerprint density at radius 1 is 0.914 bits per heavy atom. The van der Waals surface area contributed by atoms with Crippen molar-refractivity contribution in [3.8, 4) is 28.5 Å². The van der Waals surface area contributed by atoms with Gasteiger partial charge in [0.15, 0.2) is 11.5 Å². The van der Waals surface area contributed by atoms with Crippen LogP contribution in [-0.2, 0) is 6.54 Å². The molecule has 1 saturated heterocycles. The molecule has 0 bridgehead atoms. The topological polar surface area (TPSA) is 46.9 Å². The fraction of sp³-hybridized carbons (Fsp3) is 0.333. The third-order valence-corrected chi connectivity index (χ3v) is 7.07. The molecule has 0 spiro atoms. The molecule has 5 heteroatoms. The van der Waals surface area contributed by atoms with Gasteiger partial charge in [-0.2, -0.15) is 0 Å².